The van der Waals surface area contributed by atoms with E-state index >= 15 is 0 Å². The monoisotopic (exact) mass is 207 g/mol. The van der Waals surface area contributed by atoms with Crippen molar-refractivity contribution in [3.8, 4) is 5.75 Å². The number of nitrogens with zero attached hydrogens (tertiary/aromatic N) is 1. The van der Waals surface area contributed by atoms with Crippen LogP contribution in [-0.2, 0) is 0 Å². The van der Waals surface area contributed by atoms with Crippen LogP contribution in [0.1, 0.15) is 18.1 Å². The van der Waals surface area contributed by atoms with Gasteiger partial charge in [0.1, 0.15) is 12.4 Å². The van der Waals surface area contributed by atoms with E-state index in [0.29, 0.717) is 6.61 Å². The van der Waals surface area contributed by atoms with Gasteiger partial charge in [0.05, 0.1) is 6.10 Å². The average molecular weight is 207 g/mol. The van der Waals surface area contributed by atoms with E-state index in [2.05, 4.69) is 4.90 Å². The van der Waals surface area contributed by atoms with Crippen molar-refractivity contribution in [2.24, 2.45) is 0 Å². The minimum atomic E-state index is -0.420. The first kappa shape index (κ1) is 10.5. The maximum absolute atomic E-state index is 10.1. The summed E-state index contributed by atoms with van der Waals surface area (Å²) in [4.78, 5) is 2.09. The lowest BCUT2D eigenvalue weighted by atomic mass is 10.0. The van der Waals surface area contributed by atoms with Crippen LogP contribution in [0.4, 0.5) is 0 Å². The largest absolute Gasteiger partial charge is 0.492 e. The predicted octanol–water partition coefficient (Wildman–Crippen LogP) is 1.43. The highest BCUT2D eigenvalue weighted by Crippen LogP contribution is 2.31. The molecule has 15 heavy (non-hydrogen) atoms. The van der Waals surface area contributed by atoms with Crippen LogP contribution in [0.2, 0.25) is 0 Å². The van der Waals surface area contributed by atoms with Crippen LogP contribution in [0.15, 0.2) is 24.3 Å². The Bertz CT molecular complexity index is 338. The summed E-state index contributed by atoms with van der Waals surface area (Å²) < 4.78 is 5.69. The SMILES string of the molecule is CN(C)[C@H]1COc2ccccc2[C@H](O)C1. The Morgan fingerprint density at radius 3 is 2.80 bits per heavy atom. The fourth-order valence-corrected chi connectivity index (χ4v) is 1.89. The highest BCUT2D eigenvalue weighted by molar-refractivity contribution is 5.35. The van der Waals surface area contributed by atoms with Gasteiger partial charge in [-0.2, -0.15) is 0 Å². The van der Waals surface area contributed by atoms with Gasteiger partial charge < -0.3 is 14.7 Å². The Kier molecular flexibility index (Phi) is 2.93. The molecule has 2 rings (SSSR count). The van der Waals surface area contributed by atoms with Crippen molar-refractivity contribution in [2.45, 2.75) is 18.6 Å². The molecule has 0 bridgehead atoms. The minimum absolute atomic E-state index is 0.271. The number of rotatable bonds is 1. The summed E-state index contributed by atoms with van der Waals surface area (Å²) >= 11 is 0. The number of para-hydroxylation sites is 1. The molecule has 1 aromatic carbocycles. The Morgan fingerprint density at radius 1 is 1.33 bits per heavy atom. The van der Waals surface area contributed by atoms with Gasteiger partial charge >= 0.3 is 0 Å². The zero-order valence-electron chi connectivity index (χ0n) is 9.18. The van der Waals surface area contributed by atoms with E-state index in [1.165, 1.54) is 0 Å². The van der Waals surface area contributed by atoms with Crippen molar-refractivity contribution >= 4 is 0 Å². The molecule has 82 valence electrons. The summed E-state index contributed by atoms with van der Waals surface area (Å²) in [5.74, 6) is 0.814. The summed E-state index contributed by atoms with van der Waals surface area (Å²) in [5.41, 5.74) is 0.904. The molecule has 3 heteroatoms. The van der Waals surface area contributed by atoms with E-state index in [9.17, 15) is 5.11 Å². The van der Waals surface area contributed by atoms with Gasteiger partial charge in [-0.25, -0.2) is 0 Å². The van der Waals surface area contributed by atoms with Crippen LogP contribution < -0.4 is 4.74 Å². The maximum Gasteiger partial charge on any atom is 0.125 e. The number of aliphatic hydroxyl groups excluding tert-OH is 1. The molecule has 0 spiro atoms. The van der Waals surface area contributed by atoms with Gasteiger partial charge in [-0.3, -0.25) is 0 Å². The molecule has 1 N–H and O–H groups in total. The van der Waals surface area contributed by atoms with Crippen LogP contribution in [0, 0.1) is 0 Å². The molecule has 0 amide bonds. The highest BCUT2D eigenvalue weighted by Gasteiger charge is 2.24. The number of ether oxygens (including phenoxy) is 1. The van der Waals surface area contributed by atoms with Crippen molar-refractivity contribution < 1.29 is 9.84 Å². The zero-order chi connectivity index (χ0) is 10.8. The van der Waals surface area contributed by atoms with Gasteiger partial charge in [0.2, 0.25) is 0 Å². The fraction of sp³-hybridized carbons (Fsp3) is 0.500. The number of likely N-dealkylation sites (N-methyl/N-ethyl adjacent to an activating group) is 1. The standard InChI is InChI=1S/C12H17NO2/c1-13(2)9-7-11(14)10-5-3-4-6-12(10)15-8-9/h3-6,9,11,14H,7-8H2,1-2H3/t9-,11-/m1/s1. The first-order valence-electron chi connectivity index (χ1n) is 5.24. The van der Waals surface area contributed by atoms with Crippen LogP contribution in [0.5, 0.6) is 5.75 Å². The van der Waals surface area contributed by atoms with Crippen molar-refractivity contribution in [1.82, 2.24) is 4.90 Å². The van der Waals surface area contributed by atoms with E-state index in [4.69, 9.17) is 4.74 Å². The van der Waals surface area contributed by atoms with E-state index < -0.39 is 6.10 Å². The van der Waals surface area contributed by atoms with Crippen LogP contribution in [-0.4, -0.2) is 36.8 Å². The first-order chi connectivity index (χ1) is 7.18. The van der Waals surface area contributed by atoms with Crippen molar-refractivity contribution in [3.05, 3.63) is 29.8 Å². The Morgan fingerprint density at radius 2 is 2.07 bits per heavy atom. The topological polar surface area (TPSA) is 32.7 Å². The van der Waals surface area contributed by atoms with Gasteiger partial charge in [-0.15, -0.1) is 0 Å². The zero-order valence-corrected chi connectivity index (χ0v) is 9.18. The summed E-state index contributed by atoms with van der Waals surface area (Å²) in [6, 6.07) is 7.98. The molecule has 1 aromatic rings. The number of hydrogen-bond donors (Lipinski definition) is 1. The lowest BCUT2D eigenvalue weighted by Crippen LogP contribution is -2.33. The molecule has 3 nitrogen and oxygen atoms in total. The van der Waals surface area contributed by atoms with E-state index in [-0.39, 0.29) is 6.04 Å². The van der Waals surface area contributed by atoms with Gasteiger partial charge in [0.15, 0.2) is 0 Å². The molecular formula is C12H17NO2. The molecule has 0 aromatic heterocycles. The Hall–Kier alpha value is -1.06. The molecule has 1 heterocycles. The molecule has 0 aliphatic carbocycles. The molecule has 1 aliphatic heterocycles. The highest BCUT2D eigenvalue weighted by atomic mass is 16.5. The quantitative estimate of drug-likeness (QED) is 0.756. The van der Waals surface area contributed by atoms with Gasteiger partial charge in [0.25, 0.3) is 0 Å². The average Bonchev–Trinajstić information content (AvgIpc) is 2.39. The van der Waals surface area contributed by atoms with Gasteiger partial charge in [-0.05, 0) is 26.6 Å². The third kappa shape index (κ3) is 2.13. The van der Waals surface area contributed by atoms with Crippen molar-refractivity contribution in [3.63, 3.8) is 0 Å². The summed E-state index contributed by atoms with van der Waals surface area (Å²) in [7, 11) is 4.02. The second-order valence-electron chi connectivity index (χ2n) is 4.22. The molecule has 0 saturated carbocycles. The minimum Gasteiger partial charge on any atom is -0.492 e. The second-order valence-corrected chi connectivity index (χ2v) is 4.22. The number of benzene rings is 1. The van der Waals surface area contributed by atoms with E-state index in [0.717, 1.165) is 17.7 Å². The molecule has 0 unspecified atom stereocenters. The van der Waals surface area contributed by atoms with Crippen LogP contribution in [0.3, 0.4) is 0 Å². The number of aliphatic hydroxyl groups is 1. The Balaban J connectivity index is 2.24. The molecule has 1 aliphatic rings. The first-order valence-corrected chi connectivity index (χ1v) is 5.24. The molecule has 0 fully saturated rings. The number of hydrogen-bond acceptors (Lipinski definition) is 3. The summed E-state index contributed by atoms with van der Waals surface area (Å²) in [6.45, 7) is 0.640. The van der Waals surface area contributed by atoms with Gasteiger partial charge in [0, 0.05) is 11.6 Å². The second kappa shape index (κ2) is 4.21. The third-order valence-electron chi connectivity index (χ3n) is 2.93. The normalized spacial score (nSPS) is 25.6. The predicted molar refractivity (Wildman–Crippen MR) is 59.0 cm³/mol. The fourth-order valence-electron chi connectivity index (χ4n) is 1.89. The van der Waals surface area contributed by atoms with E-state index in [1.807, 2.05) is 38.4 Å². The third-order valence-corrected chi connectivity index (χ3v) is 2.93. The van der Waals surface area contributed by atoms with E-state index in [1.54, 1.807) is 0 Å². The molecule has 0 radical (unpaired) electrons. The smallest absolute Gasteiger partial charge is 0.125 e. The van der Waals surface area contributed by atoms with Crippen LogP contribution in [0.25, 0.3) is 0 Å². The molecule has 0 saturated heterocycles. The van der Waals surface area contributed by atoms with Crippen molar-refractivity contribution in [1.29, 1.82) is 0 Å². The van der Waals surface area contributed by atoms with Crippen molar-refractivity contribution in [2.75, 3.05) is 20.7 Å². The lowest BCUT2D eigenvalue weighted by molar-refractivity contribution is 0.116. The summed E-state index contributed by atoms with van der Waals surface area (Å²) in [5, 5.41) is 10.1. The van der Waals surface area contributed by atoms with Gasteiger partial charge in [-0.1, -0.05) is 18.2 Å². The molecule has 2 atom stereocenters. The maximum atomic E-state index is 10.1. The lowest BCUT2D eigenvalue weighted by Gasteiger charge is -2.22. The molecular weight excluding hydrogens is 190 g/mol. The summed E-state index contributed by atoms with van der Waals surface area (Å²) in [6.07, 6.45) is 0.306. The Labute approximate surface area is 90.3 Å². The van der Waals surface area contributed by atoms with Crippen LogP contribution >= 0.6 is 0 Å². The number of fused-ring (bicyclic) bond motifs is 1.